The Morgan fingerprint density at radius 2 is 0.876 bits per heavy atom. The van der Waals surface area contributed by atoms with Crippen LogP contribution in [0.15, 0.2) is 286 Å². The van der Waals surface area contributed by atoms with Crippen LogP contribution in [-0.4, -0.2) is 82.6 Å². The minimum Gasteiger partial charge on any atom is -0.463 e. The fourth-order valence-corrected chi connectivity index (χ4v) is 12.3. The van der Waals surface area contributed by atoms with Crippen molar-refractivity contribution in [3.8, 4) is 0 Å². The highest BCUT2D eigenvalue weighted by Gasteiger charge is 2.54. The van der Waals surface area contributed by atoms with Crippen LogP contribution in [0.4, 0.5) is 5.82 Å². The number of carbonyl (C=O) groups excluding carboxylic acids is 2. The van der Waals surface area contributed by atoms with Crippen molar-refractivity contribution in [1.82, 2.24) is 19.5 Å². The van der Waals surface area contributed by atoms with Crippen LogP contribution in [-0.2, 0) is 54.8 Å². The minimum absolute atomic E-state index is 0.00599. The van der Waals surface area contributed by atoms with Crippen molar-refractivity contribution in [2.45, 2.75) is 61.0 Å². The monoisotopic (exact) mass is 1180 g/mol. The Labute approximate surface area is 518 Å². The molecule has 3 heterocycles. The van der Waals surface area contributed by atoms with Crippen molar-refractivity contribution in [3.05, 3.63) is 336 Å². The molecule has 9 aromatic carbocycles. The molecule has 1 fully saturated rings. The molecule has 0 aliphatic carbocycles. The first-order valence-corrected chi connectivity index (χ1v) is 30.2. The van der Waals surface area contributed by atoms with Gasteiger partial charge >= 0.3 is 5.97 Å². The lowest BCUT2D eigenvalue weighted by Crippen LogP contribution is -2.46. The highest BCUT2D eigenvalue weighted by molar-refractivity contribution is 5.84. The SMILES string of the molecule is CC(=O)CCC(=O)OCCOCCO[C@H]1[C@@H](OC(c2ccccc2)(c2ccccc2)c2ccccc2)[C@H](n2cnc3c(NC(c4ccccc4)(c4ccccc4)c4ccccc4)ncnc32)O[C@@H]1COC(c1ccccc1)(c1ccccc1)c1ccccc1. The fraction of sp³-hybridized carbons (Fsp3) is 0.197. The molecule has 446 valence electrons. The summed E-state index contributed by atoms with van der Waals surface area (Å²) < 4.78 is 44.2. The van der Waals surface area contributed by atoms with Gasteiger partial charge in [-0.3, -0.25) is 9.36 Å². The molecule has 89 heavy (non-hydrogen) atoms. The first kappa shape index (κ1) is 59.6. The third kappa shape index (κ3) is 12.6. The van der Waals surface area contributed by atoms with Gasteiger partial charge in [0.15, 0.2) is 23.2 Å². The van der Waals surface area contributed by atoms with Crippen molar-refractivity contribution in [1.29, 1.82) is 0 Å². The molecule has 0 unspecified atom stereocenters. The van der Waals surface area contributed by atoms with E-state index in [9.17, 15) is 9.59 Å². The molecular weight excluding hydrogens is 1110 g/mol. The second-order valence-electron chi connectivity index (χ2n) is 21.9. The summed E-state index contributed by atoms with van der Waals surface area (Å²) >= 11 is 0. The van der Waals surface area contributed by atoms with Gasteiger partial charge in [-0.15, -0.1) is 0 Å². The Balaban J connectivity index is 1.01. The maximum Gasteiger partial charge on any atom is 0.306 e. The molecule has 0 radical (unpaired) electrons. The summed E-state index contributed by atoms with van der Waals surface area (Å²) in [6.07, 6.45) is -0.257. The number of hydrogen-bond acceptors (Lipinski definition) is 12. The van der Waals surface area contributed by atoms with Crippen molar-refractivity contribution in [2.75, 3.05) is 38.4 Å². The summed E-state index contributed by atoms with van der Waals surface area (Å²) in [6.45, 7) is 1.76. The van der Waals surface area contributed by atoms with Crippen molar-refractivity contribution in [3.63, 3.8) is 0 Å². The number of anilines is 1. The summed E-state index contributed by atoms with van der Waals surface area (Å²) in [4.78, 5) is 39.3. The number of hydrogen-bond donors (Lipinski definition) is 1. The Bertz CT molecular complexity index is 3710. The van der Waals surface area contributed by atoms with Crippen LogP contribution in [0.1, 0.15) is 76.1 Å². The van der Waals surface area contributed by atoms with Crippen molar-refractivity contribution in [2.24, 2.45) is 0 Å². The first-order valence-electron chi connectivity index (χ1n) is 30.2. The van der Waals surface area contributed by atoms with E-state index in [1.54, 1.807) is 12.7 Å². The summed E-state index contributed by atoms with van der Waals surface area (Å²) in [6, 6.07) is 92.5. The maximum absolute atomic E-state index is 12.5. The van der Waals surface area contributed by atoms with Crippen LogP contribution in [0.25, 0.3) is 11.2 Å². The molecule has 11 aromatic rings. The average molecular weight is 1180 g/mol. The van der Waals surface area contributed by atoms with Crippen LogP contribution in [0.5, 0.6) is 0 Å². The second-order valence-corrected chi connectivity index (χ2v) is 21.9. The molecule has 1 aliphatic heterocycles. The zero-order valence-electron chi connectivity index (χ0n) is 49.4. The van der Waals surface area contributed by atoms with Gasteiger partial charge < -0.3 is 38.5 Å². The van der Waals surface area contributed by atoms with E-state index in [1.807, 2.05) is 168 Å². The van der Waals surface area contributed by atoms with Gasteiger partial charge in [0, 0.05) is 6.42 Å². The smallest absolute Gasteiger partial charge is 0.306 e. The lowest BCUT2D eigenvalue weighted by atomic mass is 9.77. The number of benzene rings is 9. The Kier molecular flexibility index (Phi) is 18.7. The Morgan fingerprint density at radius 3 is 1.30 bits per heavy atom. The number of rotatable bonds is 27. The Morgan fingerprint density at radius 1 is 0.472 bits per heavy atom. The molecule has 1 aliphatic rings. The molecule has 0 bridgehead atoms. The predicted octanol–water partition coefficient (Wildman–Crippen LogP) is 13.8. The number of ether oxygens (including phenoxy) is 6. The average Bonchev–Trinajstić information content (AvgIpc) is 2.51. The van der Waals surface area contributed by atoms with Crippen LogP contribution < -0.4 is 5.32 Å². The first-order chi connectivity index (χ1) is 43.9. The fourth-order valence-electron chi connectivity index (χ4n) is 12.3. The van der Waals surface area contributed by atoms with Gasteiger partial charge in [0.2, 0.25) is 0 Å². The number of esters is 1. The van der Waals surface area contributed by atoms with E-state index in [4.69, 9.17) is 43.4 Å². The lowest BCUT2D eigenvalue weighted by molar-refractivity contribution is -0.147. The summed E-state index contributed by atoms with van der Waals surface area (Å²) in [5, 5.41) is 3.97. The number of carbonyl (C=O) groups is 2. The molecule has 1 saturated heterocycles. The van der Waals surface area contributed by atoms with Gasteiger partial charge in [0.1, 0.15) is 53.8 Å². The molecule has 0 saturated carbocycles. The third-order valence-corrected chi connectivity index (χ3v) is 16.4. The Hall–Kier alpha value is -9.73. The number of aromatic nitrogens is 4. The standard InChI is InChI=1S/C76H69N5O8/c1-56(82)47-48-67(83)85-51-49-84-50-52-86-69-66(53-87-75(60-35-17-5-18-36-60,61-37-19-6-20-38-61)62-39-21-7-22-40-62)88-73(70(69)89-76(63-41-23-8-24-42-63,64-43-25-9-26-44-64)65-45-27-10-28-46-65)81-55-79-68-71(77-54-78-72(68)81)80-74(57-29-11-2-12-30-57,58-31-13-3-14-32-58)59-33-15-4-16-34-59/h2-46,54-55,66,69-70,73H,47-53H2,1H3,(H,77,78,80)/t66-,69-,70-,73-/m1/s1. The molecule has 0 spiro atoms. The molecule has 2 aromatic heterocycles. The molecule has 13 heteroatoms. The highest BCUT2D eigenvalue weighted by atomic mass is 16.6. The van der Waals surface area contributed by atoms with Gasteiger partial charge in [0.25, 0.3) is 0 Å². The van der Waals surface area contributed by atoms with Crippen molar-refractivity contribution >= 4 is 28.7 Å². The lowest BCUT2D eigenvalue weighted by Gasteiger charge is -2.40. The molecule has 12 rings (SSSR count). The van der Waals surface area contributed by atoms with Crippen LogP contribution in [0, 0.1) is 0 Å². The van der Waals surface area contributed by atoms with E-state index in [2.05, 4.69) is 115 Å². The molecule has 13 nitrogen and oxygen atoms in total. The van der Waals surface area contributed by atoms with E-state index >= 15 is 0 Å². The quantitative estimate of drug-likeness (QED) is 0.0297. The van der Waals surface area contributed by atoms with E-state index in [1.165, 1.54) is 6.92 Å². The number of nitrogens with one attached hydrogen (secondary N) is 1. The third-order valence-electron chi connectivity index (χ3n) is 16.4. The molecular formula is C76H69N5O8. The number of imidazole rings is 1. The molecule has 1 N–H and O–H groups in total. The van der Waals surface area contributed by atoms with Gasteiger partial charge in [0.05, 0.1) is 39.2 Å². The molecule has 0 amide bonds. The normalized spacial score (nSPS) is 16.0. The van der Waals surface area contributed by atoms with Crippen LogP contribution in [0.3, 0.4) is 0 Å². The minimum atomic E-state index is -1.28. The molecule has 4 atom stereocenters. The maximum atomic E-state index is 12.5. The highest BCUT2D eigenvalue weighted by Crippen LogP contribution is 2.49. The zero-order valence-corrected chi connectivity index (χ0v) is 49.4. The van der Waals surface area contributed by atoms with Gasteiger partial charge in [-0.1, -0.05) is 273 Å². The van der Waals surface area contributed by atoms with Gasteiger partial charge in [-0.2, -0.15) is 0 Å². The van der Waals surface area contributed by atoms with Gasteiger partial charge in [-0.05, 0) is 57.0 Å². The second kappa shape index (κ2) is 28.0. The summed E-state index contributed by atoms with van der Waals surface area (Å²) in [5.41, 5.74) is 5.93. The predicted molar refractivity (Wildman–Crippen MR) is 343 cm³/mol. The summed E-state index contributed by atoms with van der Waals surface area (Å²) in [7, 11) is 0. The topological polar surface area (TPSA) is 145 Å². The van der Waals surface area contributed by atoms with E-state index in [0.717, 1.165) is 50.1 Å². The van der Waals surface area contributed by atoms with E-state index in [0.29, 0.717) is 17.0 Å². The van der Waals surface area contributed by atoms with Crippen LogP contribution >= 0.6 is 0 Å². The number of Topliss-reactive ketones (excluding diaryl/α,β-unsaturated/α-hetero) is 1. The number of nitrogens with zero attached hydrogens (tertiary/aromatic N) is 4. The van der Waals surface area contributed by atoms with E-state index < -0.39 is 47.3 Å². The van der Waals surface area contributed by atoms with Gasteiger partial charge in [-0.25, -0.2) is 15.0 Å². The van der Waals surface area contributed by atoms with E-state index in [-0.39, 0.29) is 51.7 Å². The van der Waals surface area contributed by atoms with Crippen LogP contribution in [0.2, 0.25) is 0 Å². The largest absolute Gasteiger partial charge is 0.463 e. The summed E-state index contributed by atoms with van der Waals surface area (Å²) in [5.74, 6) is -0.0557. The number of fused-ring (bicyclic) bond motifs is 1. The zero-order chi connectivity index (χ0) is 60.7. The number of ketones is 1. The van der Waals surface area contributed by atoms with Crippen molar-refractivity contribution < 1.29 is 38.0 Å².